The molecule has 2 unspecified atom stereocenters. The van der Waals surface area contributed by atoms with Gasteiger partial charge in [-0.3, -0.25) is 4.79 Å². The van der Waals surface area contributed by atoms with Crippen LogP contribution in [-0.4, -0.2) is 34.2 Å². The summed E-state index contributed by atoms with van der Waals surface area (Å²) in [6.45, 7) is 4.98. The quantitative estimate of drug-likeness (QED) is 0.402. The number of aromatic amines is 1. The Balaban J connectivity index is 3.44. The van der Waals surface area contributed by atoms with Gasteiger partial charge < -0.3 is 19.9 Å². The molecule has 0 saturated carbocycles. The van der Waals surface area contributed by atoms with Gasteiger partial charge in [-0.15, -0.1) is 0 Å². The minimum Gasteiger partial charge on any atom is -0.373 e. The Kier molecular flexibility index (Phi) is 4.24. The zero-order valence-corrected chi connectivity index (χ0v) is 10.5. The summed E-state index contributed by atoms with van der Waals surface area (Å²) in [4.78, 5) is 13.6. The van der Waals surface area contributed by atoms with Crippen molar-refractivity contribution in [3.05, 3.63) is 22.5 Å². The molecule has 1 rings (SSSR count). The monoisotopic (exact) mass is 252 g/mol. The van der Waals surface area contributed by atoms with E-state index in [0.717, 1.165) is 0 Å². The maximum atomic E-state index is 10.8. The molecule has 18 heavy (non-hydrogen) atoms. The summed E-state index contributed by atoms with van der Waals surface area (Å²) in [5.41, 5.74) is 1.43. The summed E-state index contributed by atoms with van der Waals surface area (Å²) < 4.78 is 5.13. The number of nitrogens with one attached hydrogen (secondary N) is 1. The fraction of sp³-hybridized carbons (Fsp3) is 0.500. The van der Waals surface area contributed by atoms with Crippen LogP contribution in [-0.2, 0) is 10.5 Å². The van der Waals surface area contributed by atoms with E-state index in [2.05, 4.69) is 4.98 Å². The van der Waals surface area contributed by atoms with Crippen LogP contribution in [0.5, 0.6) is 0 Å². The molecule has 0 saturated heterocycles. The molecule has 6 heteroatoms. The van der Waals surface area contributed by atoms with Crippen molar-refractivity contribution in [2.75, 3.05) is 6.61 Å². The molecule has 0 aliphatic rings. The van der Waals surface area contributed by atoms with Crippen LogP contribution in [0.4, 0.5) is 0 Å². The van der Waals surface area contributed by atoms with Gasteiger partial charge in [0.1, 0.15) is 6.07 Å². The molecule has 1 aromatic heterocycles. The van der Waals surface area contributed by atoms with Crippen molar-refractivity contribution in [3.8, 4) is 6.07 Å². The lowest BCUT2D eigenvalue weighted by Gasteiger charge is -2.30. The predicted octanol–water partition coefficient (Wildman–Crippen LogP) is 0.510. The third-order valence-electron chi connectivity index (χ3n) is 2.81. The lowest BCUT2D eigenvalue weighted by molar-refractivity contribution is -0.251. The average Bonchev–Trinajstić information content (AvgIpc) is 2.63. The molecule has 0 aromatic carbocycles. The lowest BCUT2D eigenvalue weighted by atomic mass is 9.96. The fourth-order valence-corrected chi connectivity index (χ4v) is 2.02. The van der Waals surface area contributed by atoms with E-state index in [1.165, 1.54) is 0 Å². The van der Waals surface area contributed by atoms with E-state index in [9.17, 15) is 15.0 Å². The molecule has 3 N–H and O–H groups in total. The van der Waals surface area contributed by atoms with E-state index in [4.69, 9.17) is 10.00 Å². The number of carbonyl (C=O) groups excluding carboxylic acids is 1. The minimum absolute atomic E-state index is 0.107. The Morgan fingerprint density at radius 2 is 2.22 bits per heavy atom. The van der Waals surface area contributed by atoms with Gasteiger partial charge in [-0.2, -0.15) is 5.26 Å². The molecule has 1 aromatic rings. The van der Waals surface area contributed by atoms with Crippen molar-refractivity contribution in [1.82, 2.24) is 4.98 Å². The molecule has 0 aliphatic heterocycles. The first-order valence-corrected chi connectivity index (χ1v) is 5.51. The van der Waals surface area contributed by atoms with Crippen LogP contribution >= 0.6 is 0 Å². The van der Waals surface area contributed by atoms with Gasteiger partial charge in [-0.25, -0.2) is 0 Å². The second-order valence-electron chi connectivity index (χ2n) is 3.94. The molecule has 6 nitrogen and oxygen atoms in total. The zero-order valence-electron chi connectivity index (χ0n) is 10.5. The molecule has 0 spiro atoms. The first-order chi connectivity index (χ1) is 8.42. The van der Waals surface area contributed by atoms with Crippen LogP contribution in [0.3, 0.4) is 0 Å². The molecule has 1 heterocycles. The maximum Gasteiger partial charge on any atom is 0.235 e. The first kappa shape index (κ1) is 14.4. The highest BCUT2D eigenvalue weighted by molar-refractivity contribution is 5.76. The van der Waals surface area contributed by atoms with Crippen molar-refractivity contribution in [3.63, 3.8) is 0 Å². The molecule has 98 valence electrons. The highest BCUT2D eigenvalue weighted by Crippen LogP contribution is 2.33. The summed E-state index contributed by atoms with van der Waals surface area (Å²) in [5, 5.41) is 28.8. The van der Waals surface area contributed by atoms with Crippen LogP contribution in [0.15, 0.2) is 0 Å². The number of hydrogen-bond acceptors (Lipinski definition) is 5. The molecular formula is C12H16N2O4. The molecule has 0 bridgehead atoms. The Morgan fingerprint density at radius 3 is 2.61 bits per heavy atom. The van der Waals surface area contributed by atoms with Gasteiger partial charge in [0.2, 0.25) is 5.79 Å². The van der Waals surface area contributed by atoms with Gasteiger partial charge in [0.15, 0.2) is 12.4 Å². The van der Waals surface area contributed by atoms with E-state index >= 15 is 0 Å². The number of nitriles is 1. The average molecular weight is 252 g/mol. The van der Waals surface area contributed by atoms with Crippen molar-refractivity contribution in [1.29, 1.82) is 5.26 Å². The highest BCUT2D eigenvalue weighted by Gasteiger charge is 2.42. The molecular weight excluding hydrogens is 236 g/mol. The zero-order chi connectivity index (χ0) is 13.9. The summed E-state index contributed by atoms with van der Waals surface area (Å²) in [6, 6.07) is 1.55. The molecule has 0 amide bonds. The Morgan fingerprint density at radius 1 is 1.61 bits per heavy atom. The number of nitrogens with zero attached hydrogens (tertiary/aromatic N) is 1. The Hall–Kier alpha value is -1.68. The smallest absolute Gasteiger partial charge is 0.235 e. The van der Waals surface area contributed by atoms with Crippen LogP contribution < -0.4 is 0 Å². The molecule has 0 fully saturated rings. The highest BCUT2D eigenvalue weighted by atomic mass is 16.6. The number of aliphatic hydroxyl groups excluding tert-OH is 1. The number of ether oxygens (including phenoxy) is 1. The summed E-state index contributed by atoms with van der Waals surface area (Å²) >= 11 is 0. The number of H-pyrrole nitrogens is 1. The van der Waals surface area contributed by atoms with Crippen molar-refractivity contribution >= 4 is 6.29 Å². The van der Waals surface area contributed by atoms with E-state index in [0.29, 0.717) is 17.5 Å². The second kappa shape index (κ2) is 5.31. The number of rotatable bonds is 5. The number of carbonyl (C=O) groups is 1. The maximum absolute atomic E-state index is 10.8. The van der Waals surface area contributed by atoms with Gasteiger partial charge >= 0.3 is 0 Å². The van der Waals surface area contributed by atoms with Gasteiger partial charge in [-0.05, 0) is 26.3 Å². The third kappa shape index (κ3) is 2.16. The van der Waals surface area contributed by atoms with Crippen molar-refractivity contribution in [2.45, 2.75) is 32.7 Å². The van der Waals surface area contributed by atoms with E-state index < -0.39 is 11.9 Å². The Bertz CT molecular complexity index is 489. The van der Waals surface area contributed by atoms with Gasteiger partial charge in [-0.1, -0.05) is 0 Å². The van der Waals surface area contributed by atoms with E-state index in [-0.39, 0.29) is 17.9 Å². The Labute approximate surface area is 105 Å². The minimum atomic E-state index is -2.14. The fourth-order valence-electron chi connectivity index (χ4n) is 2.02. The van der Waals surface area contributed by atoms with Gasteiger partial charge in [0, 0.05) is 17.9 Å². The second-order valence-corrected chi connectivity index (χ2v) is 3.94. The predicted molar refractivity (Wildman–Crippen MR) is 62.8 cm³/mol. The normalized spacial score (nSPS) is 15.8. The summed E-state index contributed by atoms with van der Waals surface area (Å²) in [6.07, 6.45) is -1.14. The third-order valence-corrected chi connectivity index (χ3v) is 2.81. The molecule has 0 aliphatic carbocycles. The topological polar surface area (TPSA) is 106 Å². The number of aldehydes is 1. The number of aryl methyl sites for hydroxylation is 1. The lowest BCUT2D eigenvalue weighted by Crippen LogP contribution is -2.42. The summed E-state index contributed by atoms with van der Waals surface area (Å²) in [5.74, 6) is -2.14. The van der Waals surface area contributed by atoms with Crippen LogP contribution in [0.25, 0.3) is 0 Å². The van der Waals surface area contributed by atoms with Crippen LogP contribution in [0.1, 0.15) is 34.2 Å². The van der Waals surface area contributed by atoms with Gasteiger partial charge in [0.25, 0.3) is 0 Å². The van der Waals surface area contributed by atoms with E-state index in [1.807, 2.05) is 0 Å². The molecule has 2 atom stereocenters. The first-order valence-electron chi connectivity index (χ1n) is 5.51. The standard InChI is InChI=1S/C12H16N2O4/c1-4-18-12(17,10(16)5-13)11-7(2)9(6-15)14-8(11)3/h6,10,14,16-17H,4H2,1-3H3. The van der Waals surface area contributed by atoms with Crippen LogP contribution in [0.2, 0.25) is 0 Å². The molecule has 0 radical (unpaired) electrons. The van der Waals surface area contributed by atoms with Gasteiger partial charge in [0.05, 0.1) is 5.69 Å². The van der Waals surface area contributed by atoms with Crippen LogP contribution in [0, 0.1) is 25.2 Å². The largest absolute Gasteiger partial charge is 0.373 e. The summed E-state index contributed by atoms with van der Waals surface area (Å²) in [7, 11) is 0. The SMILES string of the molecule is CCOC(O)(c1c(C)[nH]c(C=O)c1C)C(O)C#N. The van der Waals surface area contributed by atoms with Crippen molar-refractivity contribution in [2.24, 2.45) is 0 Å². The van der Waals surface area contributed by atoms with E-state index in [1.54, 1.807) is 26.8 Å². The number of aromatic nitrogens is 1. The number of hydrogen-bond donors (Lipinski definition) is 3. The number of aliphatic hydroxyl groups is 2. The van der Waals surface area contributed by atoms with Crippen molar-refractivity contribution < 1.29 is 19.7 Å².